The second-order valence-corrected chi connectivity index (χ2v) is 9.78. The van der Waals surface area contributed by atoms with Gasteiger partial charge in [0.25, 0.3) is 11.8 Å². The fourth-order valence-corrected chi connectivity index (χ4v) is 4.87. The average molecular weight is 540 g/mol. The zero-order chi connectivity index (χ0) is 28.2. The number of para-hydroxylation sites is 2. The molecule has 40 heavy (non-hydrogen) atoms. The third kappa shape index (κ3) is 5.38. The molecule has 2 heterocycles. The first-order valence-electron chi connectivity index (χ1n) is 13.3. The number of rotatable bonds is 9. The van der Waals surface area contributed by atoms with Gasteiger partial charge in [-0.15, -0.1) is 0 Å². The molecular weight excluding hydrogens is 509 g/mol. The van der Waals surface area contributed by atoms with E-state index in [0.717, 1.165) is 46.5 Å². The van der Waals surface area contributed by atoms with Crippen molar-refractivity contribution in [2.45, 2.75) is 39.2 Å². The summed E-state index contributed by atoms with van der Waals surface area (Å²) >= 11 is 0. The number of nitrogens with one attached hydrogen (secondary N) is 1. The van der Waals surface area contributed by atoms with E-state index < -0.39 is 23.7 Å². The number of barbiturate groups is 1. The highest BCUT2D eigenvalue weighted by molar-refractivity contribution is 6.39. The number of carbonyl (C=O) groups is 3. The Morgan fingerprint density at radius 2 is 1.70 bits per heavy atom. The Balaban J connectivity index is 1.37. The molecule has 1 unspecified atom stereocenters. The maximum atomic E-state index is 13.4. The minimum atomic E-state index is -0.879. The summed E-state index contributed by atoms with van der Waals surface area (Å²) in [4.78, 5) is 39.3. The smallest absolute Gasteiger partial charge is 0.335 e. The Morgan fingerprint density at radius 3 is 2.48 bits per heavy atom. The number of imide groups is 2. The van der Waals surface area contributed by atoms with Crippen LogP contribution >= 0.6 is 0 Å². The van der Waals surface area contributed by atoms with Crippen molar-refractivity contribution in [3.05, 3.63) is 102 Å². The number of carbonyl (C=O) groups excluding carboxylic acids is 3. The van der Waals surface area contributed by atoms with Gasteiger partial charge in [-0.3, -0.25) is 14.9 Å². The van der Waals surface area contributed by atoms with E-state index in [2.05, 4.69) is 29.8 Å². The van der Waals surface area contributed by atoms with Crippen LogP contribution in [-0.4, -0.2) is 29.0 Å². The second-order valence-electron chi connectivity index (χ2n) is 9.78. The first kappa shape index (κ1) is 26.9. The third-order valence-corrected chi connectivity index (χ3v) is 7.17. The van der Waals surface area contributed by atoms with E-state index in [4.69, 9.17) is 4.74 Å². The summed E-state index contributed by atoms with van der Waals surface area (Å²) in [7, 11) is 0. The molecule has 4 amide bonds. The first-order chi connectivity index (χ1) is 19.4. The predicted molar refractivity (Wildman–Crippen MR) is 153 cm³/mol. The lowest BCUT2D eigenvalue weighted by molar-refractivity contribution is -0.122. The zero-order valence-electron chi connectivity index (χ0n) is 22.4. The van der Waals surface area contributed by atoms with E-state index in [-0.39, 0.29) is 11.3 Å². The highest BCUT2D eigenvalue weighted by atomic mass is 19.1. The number of benzene rings is 3. The van der Waals surface area contributed by atoms with Gasteiger partial charge < -0.3 is 9.30 Å². The third-order valence-electron chi connectivity index (χ3n) is 7.17. The molecule has 1 N–H and O–H groups in total. The molecule has 204 valence electrons. The fraction of sp³-hybridized carbons (Fsp3) is 0.219. The molecule has 1 atom stereocenters. The maximum Gasteiger partial charge on any atom is 0.335 e. The molecule has 3 aromatic carbocycles. The molecule has 1 aliphatic heterocycles. The number of aryl methyl sites for hydroxylation is 1. The molecule has 7 nitrogen and oxygen atoms in total. The van der Waals surface area contributed by atoms with E-state index in [0.29, 0.717) is 24.6 Å². The number of urea groups is 1. The summed E-state index contributed by atoms with van der Waals surface area (Å²) < 4.78 is 21.6. The molecule has 0 radical (unpaired) electrons. The van der Waals surface area contributed by atoms with Crippen LogP contribution in [0.5, 0.6) is 5.75 Å². The van der Waals surface area contributed by atoms with Crippen molar-refractivity contribution < 1.29 is 23.5 Å². The Bertz CT molecular complexity index is 1610. The van der Waals surface area contributed by atoms with Gasteiger partial charge in [0, 0.05) is 29.2 Å². The highest BCUT2D eigenvalue weighted by Crippen LogP contribution is 2.29. The van der Waals surface area contributed by atoms with Gasteiger partial charge in [0.1, 0.15) is 17.1 Å². The molecule has 0 spiro atoms. The standard InChI is InChI=1S/C32H30FN3O4/c1-3-21(2)25-9-5-7-12-29(25)40-18-8-17-35-20-22(26-10-4-6-11-28(26)35)19-27-30(37)34-32(39)36(31(27)38)24-15-13-23(33)14-16-24/h4-7,9-16,19-21H,3,8,17-18H2,1-2H3,(H,34,37,39). The van der Waals surface area contributed by atoms with E-state index in [9.17, 15) is 18.8 Å². The lowest BCUT2D eigenvalue weighted by Crippen LogP contribution is -2.54. The molecule has 1 aliphatic rings. The molecule has 1 saturated heterocycles. The largest absolute Gasteiger partial charge is 0.493 e. The Kier molecular flexibility index (Phi) is 7.77. The number of halogens is 1. The minimum absolute atomic E-state index is 0.166. The molecule has 0 aliphatic carbocycles. The summed E-state index contributed by atoms with van der Waals surface area (Å²) in [5, 5.41) is 3.08. The SMILES string of the molecule is CCC(C)c1ccccc1OCCCn1cc(C=C2C(=O)NC(=O)N(c3ccc(F)cc3)C2=O)c2ccccc21. The van der Waals surface area contributed by atoms with Crippen molar-refractivity contribution in [3.63, 3.8) is 0 Å². The number of amides is 4. The molecular formula is C32H30FN3O4. The first-order valence-corrected chi connectivity index (χ1v) is 13.3. The Morgan fingerprint density at radius 1 is 0.975 bits per heavy atom. The molecule has 5 rings (SSSR count). The zero-order valence-corrected chi connectivity index (χ0v) is 22.4. The van der Waals surface area contributed by atoms with Crippen LogP contribution in [0.4, 0.5) is 14.9 Å². The number of ether oxygens (including phenoxy) is 1. The van der Waals surface area contributed by atoms with Crippen molar-refractivity contribution in [2.75, 3.05) is 11.5 Å². The Labute approximate surface area is 231 Å². The van der Waals surface area contributed by atoms with Gasteiger partial charge in [-0.1, -0.05) is 50.2 Å². The second kappa shape index (κ2) is 11.6. The molecule has 1 aromatic heterocycles. The van der Waals surface area contributed by atoms with Gasteiger partial charge in [0.15, 0.2) is 0 Å². The average Bonchev–Trinajstić information content (AvgIpc) is 3.31. The fourth-order valence-electron chi connectivity index (χ4n) is 4.87. The highest BCUT2D eigenvalue weighted by Gasteiger charge is 2.37. The molecule has 1 fully saturated rings. The predicted octanol–water partition coefficient (Wildman–Crippen LogP) is 6.43. The summed E-state index contributed by atoms with van der Waals surface area (Å²) in [5.41, 5.74) is 2.81. The van der Waals surface area contributed by atoms with Crippen molar-refractivity contribution in [1.29, 1.82) is 0 Å². The summed E-state index contributed by atoms with van der Waals surface area (Å²) in [6.07, 6.45) is 5.17. The normalized spacial score (nSPS) is 15.5. The number of hydrogen-bond acceptors (Lipinski definition) is 4. The van der Waals surface area contributed by atoms with Crippen LogP contribution < -0.4 is 15.0 Å². The van der Waals surface area contributed by atoms with Gasteiger partial charge in [-0.05, 0) is 66.8 Å². The molecule has 8 heteroatoms. The van der Waals surface area contributed by atoms with Crippen LogP contribution in [0, 0.1) is 5.82 Å². The van der Waals surface area contributed by atoms with Gasteiger partial charge in [0.05, 0.1) is 12.3 Å². The van der Waals surface area contributed by atoms with Crippen LogP contribution in [0.3, 0.4) is 0 Å². The van der Waals surface area contributed by atoms with Crippen molar-refractivity contribution in [3.8, 4) is 5.75 Å². The van der Waals surface area contributed by atoms with Crippen LogP contribution in [0.2, 0.25) is 0 Å². The lowest BCUT2D eigenvalue weighted by atomic mass is 9.98. The quantitative estimate of drug-likeness (QED) is 0.151. The molecule has 4 aromatic rings. The summed E-state index contributed by atoms with van der Waals surface area (Å²) in [5.74, 6) is -0.738. The molecule has 0 saturated carbocycles. The monoisotopic (exact) mass is 539 g/mol. The van der Waals surface area contributed by atoms with E-state index in [1.807, 2.05) is 48.7 Å². The van der Waals surface area contributed by atoms with E-state index >= 15 is 0 Å². The minimum Gasteiger partial charge on any atom is -0.493 e. The topological polar surface area (TPSA) is 80.6 Å². The van der Waals surface area contributed by atoms with Crippen LogP contribution in [0.25, 0.3) is 17.0 Å². The van der Waals surface area contributed by atoms with E-state index in [1.54, 1.807) is 0 Å². The number of nitrogens with zero attached hydrogens (tertiary/aromatic N) is 2. The number of hydrogen-bond donors (Lipinski definition) is 1. The lowest BCUT2D eigenvalue weighted by Gasteiger charge is -2.26. The van der Waals surface area contributed by atoms with E-state index in [1.165, 1.54) is 23.8 Å². The van der Waals surface area contributed by atoms with Crippen LogP contribution in [-0.2, 0) is 16.1 Å². The van der Waals surface area contributed by atoms with Crippen molar-refractivity contribution >= 4 is 40.5 Å². The number of anilines is 1. The Hall–Kier alpha value is -4.72. The summed E-state index contributed by atoms with van der Waals surface area (Å²) in [6.45, 7) is 5.55. The van der Waals surface area contributed by atoms with Gasteiger partial charge in [-0.25, -0.2) is 14.1 Å². The van der Waals surface area contributed by atoms with Crippen LogP contribution in [0.15, 0.2) is 84.6 Å². The van der Waals surface area contributed by atoms with Crippen molar-refractivity contribution in [2.24, 2.45) is 0 Å². The van der Waals surface area contributed by atoms with Gasteiger partial charge in [-0.2, -0.15) is 0 Å². The maximum absolute atomic E-state index is 13.4. The van der Waals surface area contributed by atoms with Gasteiger partial charge >= 0.3 is 6.03 Å². The van der Waals surface area contributed by atoms with Crippen molar-refractivity contribution in [1.82, 2.24) is 9.88 Å². The number of aromatic nitrogens is 1. The molecule has 0 bridgehead atoms. The summed E-state index contributed by atoms with van der Waals surface area (Å²) in [6, 6.07) is 19.9. The van der Waals surface area contributed by atoms with Crippen LogP contribution in [0.1, 0.15) is 43.7 Å². The number of fused-ring (bicyclic) bond motifs is 1. The van der Waals surface area contributed by atoms with Gasteiger partial charge in [0.2, 0.25) is 0 Å².